The molecule has 0 saturated carbocycles. The highest BCUT2D eigenvalue weighted by Crippen LogP contribution is 2.18. The van der Waals surface area contributed by atoms with E-state index >= 15 is 0 Å². The Hall–Kier alpha value is -0.810. The monoisotopic (exact) mass is 187 g/mol. The second-order valence-corrected chi connectivity index (χ2v) is 3.40. The molecule has 2 atom stereocenters. The lowest BCUT2D eigenvalue weighted by molar-refractivity contribution is -0.145. The maximum absolute atomic E-state index is 10.5. The topological polar surface area (TPSA) is 81.6 Å². The Kier molecular flexibility index (Phi) is 3.50. The summed E-state index contributed by atoms with van der Waals surface area (Å²) in [5, 5.41) is 1.64. The molecule has 0 radical (unpaired) electrons. The van der Waals surface area contributed by atoms with Gasteiger partial charge < -0.3 is 16.3 Å². The van der Waals surface area contributed by atoms with Gasteiger partial charge in [-0.15, -0.1) is 5.06 Å². The lowest BCUT2D eigenvalue weighted by Crippen LogP contribution is -2.48. The number of primary amides is 1. The number of piperidine rings is 1. The SMILES string of the molecule is CCC1CC(N)CCN1OC(N)=O. The molecule has 1 fully saturated rings. The highest BCUT2D eigenvalue weighted by atomic mass is 16.7. The molecule has 5 nitrogen and oxygen atoms in total. The van der Waals surface area contributed by atoms with Crippen LogP contribution in [0.3, 0.4) is 0 Å². The summed E-state index contributed by atoms with van der Waals surface area (Å²) in [7, 11) is 0. The zero-order chi connectivity index (χ0) is 9.84. The molecule has 0 aromatic rings. The number of carbonyl (C=O) groups is 1. The molecule has 4 N–H and O–H groups in total. The van der Waals surface area contributed by atoms with Gasteiger partial charge in [0.1, 0.15) is 0 Å². The molecule has 0 aliphatic carbocycles. The molecule has 1 heterocycles. The van der Waals surface area contributed by atoms with Crippen LogP contribution in [0.5, 0.6) is 0 Å². The number of carbonyl (C=O) groups excluding carboxylic acids is 1. The van der Waals surface area contributed by atoms with E-state index in [1.165, 1.54) is 0 Å². The van der Waals surface area contributed by atoms with Crippen molar-refractivity contribution < 1.29 is 9.63 Å². The van der Waals surface area contributed by atoms with Crippen molar-refractivity contribution in [3.05, 3.63) is 0 Å². The molecule has 1 saturated heterocycles. The van der Waals surface area contributed by atoms with Gasteiger partial charge in [0, 0.05) is 18.6 Å². The second-order valence-electron chi connectivity index (χ2n) is 3.40. The maximum Gasteiger partial charge on any atom is 0.423 e. The normalized spacial score (nSPS) is 30.0. The van der Waals surface area contributed by atoms with Crippen LogP contribution in [0.25, 0.3) is 0 Å². The summed E-state index contributed by atoms with van der Waals surface area (Å²) in [6.45, 7) is 2.72. The van der Waals surface area contributed by atoms with E-state index in [-0.39, 0.29) is 12.1 Å². The van der Waals surface area contributed by atoms with E-state index < -0.39 is 6.09 Å². The molecule has 0 spiro atoms. The maximum atomic E-state index is 10.5. The van der Waals surface area contributed by atoms with Gasteiger partial charge in [0.05, 0.1) is 0 Å². The third kappa shape index (κ3) is 2.86. The molecule has 1 rings (SSSR count). The lowest BCUT2D eigenvalue weighted by Gasteiger charge is -2.35. The van der Waals surface area contributed by atoms with Crippen molar-refractivity contribution >= 4 is 6.09 Å². The third-order valence-electron chi connectivity index (χ3n) is 2.38. The number of hydrogen-bond donors (Lipinski definition) is 2. The van der Waals surface area contributed by atoms with Crippen molar-refractivity contribution in [1.29, 1.82) is 0 Å². The Labute approximate surface area is 78.0 Å². The minimum absolute atomic E-state index is 0.219. The minimum atomic E-state index is -0.742. The van der Waals surface area contributed by atoms with Crippen molar-refractivity contribution in [2.24, 2.45) is 11.5 Å². The molecule has 5 heteroatoms. The summed E-state index contributed by atoms with van der Waals surface area (Å²) in [6, 6.07) is 0.439. The van der Waals surface area contributed by atoms with Crippen LogP contribution in [-0.4, -0.2) is 29.8 Å². The van der Waals surface area contributed by atoms with E-state index in [0.29, 0.717) is 6.54 Å². The standard InChI is InChI=1S/C8H17N3O2/c1-2-7-5-6(9)3-4-11(7)13-8(10)12/h6-7H,2-5,9H2,1H3,(H2,10,12). The molecular formula is C8H17N3O2. The fourth-order valence-corrected chi connectivity index (χ4v) is 1.67. The number of rotatable bonds is 2. The van der Waals surface area contributed by atoms with E-state index in [1.807, 2.05) is 6.92 Å². The first kappa shape index (κ1) is 10.3. The second kappa shape index (κ2) is 4.43. The number of nitrogens with zero attached hydrogens (tertiary/aromatic N) is 1. The smallest absolute Gasteiger partial charge is 0.351 e. The van der Waals surface area contributed by atoms with Crippen molar-refractivity contribution in [3.8, 4) is 0 Å². The summed E-state index contributed by atoms with van der Waals surface area (Å²) in [4.78, 5) is 15.4. The summed E-state index contributed by atoms with van der Waals surface area (Å²) in [5.74, 6) is 0. The predicted octanol–water partition coefficient (Wildman–Crippen LogP) is 0.198. The predicted molar refractivity (Wildman–Crippen MR) is 48.7 cm³/mol. The molecule has 0 bridgehead atoms. The number of amides is 1. The highest BCUT2D eigenvalue weighted by molar-refractivity contribution is 5.64. The first-order chi connectivity index (χ1) is 6.13. The van der Waals surface area contributed by atoms with E-state index in [1.54, 1.807) is 5.06 Å². The Balaban J connectivity index is 2.47. The van der Waals surface area contributed by atoms with Gasteiger partial charge in [0.15, 0.2) is 0 Å². The van der Waals surface area contributed by atoms with Gasteiger partial charge in [0.25, 0.3) is 0 Å². The van der Waals surface area contributed by atoms with Gasteiger partial charge in [-0.1, -0.05) is 6.92 Å². The first-order valence-electron chi connectivity index (χ1n) is 4.63. The molecule has 1 amide bonds. The van der Waals surface area contributed by atoms with Crippen LogP contribution >= 0.6 is 0 Å². The largest absolute Gasteiger partial charge is 0.423 e. The number of nitrogens with two attached hydrogens (primary N) is 2. The van der Waals surface area contributed by atoms with Crippen LogP contribution in [0.2, 0.25) is 0 Å². The van der Waals surface area contributed by atoms with E-state index in [4.69, 9.17) is 16.3 Å². The van der Waals surface area contributed by atoms with Crippen LogP contribution in [0, 0.1) is 0 Å². The van der Waals surface area contributed by atoms with E-state index in [9.17, 15) is 4.79 Å². The Morgan fingerprint density at radius 3 is 2.92 bits per heavy atom. The average Bonchev–Trinajstić information content (AvgIpc) is 2.07. The van der Waals surface area contributed by atoms with Gasteiger partial charge >= 0.3 is 6.09 Å². The summed E-state index contributed by atoms with van der Waals surface area (Å²) >= 11 is 0. The van der Waals surface area contributed by atoms with Crippen LogP contribution in [0.1, 0.15) is 26.2 Å². The molecule has 2 unspecified atom stereocenters. The van der Waals surface area contributed by atoms with Crippen molar-refractivity contribution in [3.63, 3.8) is 0 Å². The van der Waals surface area contributed by atoms with E-state index in [2.05, 4.69) is 0 Å². The van der Waals surface area contributed by atoms with Crippen LogP contribution in [0.4, 0.5) is 4.79 Å². The van der Waals surface area contributed by atoms with Gasteiger partial charge in [-0.25, -0.2) is 4.79 Å². The molecule has 1 aliphatic heterocycles. The third-order valence-corrected chi connectivity index (χ3v) is 2.38. The van der Waals surface area contributed by atoms with Gasteiger partial charge in [0.2, 0.25) is 0 Å². The fraction of sp³-hybridized carbons (Fsp3) is 0.875. The van der Waals surface area contributed by atoms with E-state index in [0.717, 1.165) is 19.3 Å². The van der Waals surface area contributed by atoms with Crippen molar-refractivity contribution in [2.45, 2.75) is 38.3 Å². The quantitative estimate of drug-likeness (QED) is 0.647. The zero-order valence-corrected chi connectivity index (χ0v) is 7.90. The molecule has 0 aromatic carbocycles. The number of hydrogen-bond acceptors (Lipinski definition) is 4. The molecule has 13 heavy (non-hydrogen) atoms. The Morgan fingerprint density at radius 2 is 2.38 bits per heavy atom. The molecule has 0 aromatic heterocycles. The van der Waals surface area contributed by atoms with Crippen LogP contribution in [-0.2, 0) is 4.84 Å². The zero-order valence-electron chi connectivity index (χ0n) is 7.90. The number of hydroxylamine groups is 2. The summed E-state index contributed by atoms with van der Waals surface area (Å²) in [6.07, 6.45) is 1.89. The summed E-state index contributed by atoms with van der Waals surface area (Å²) in [5.41, 5.74) is 10.7. The minimum Gasteiger partial charge on any atom is -0.351 e. The van der Waals surface area contributed by atoms with Gasteiger partial charge in [-0.3, -0.25) is 0 Å². The lowest BCUT2D eigenvalue weighted by atomic mass is 9.98. The Morgan fingerprint density at radius 1 is 1.69 bits per heavy atom. The molecule has 76 valence electrons. The highest BCUT2D eigenvalue weighted by Gasteiger charge is 2.27. The van der Waals surface area contributed by atoms with Crippen molar-refractivity contribution in [1.82, 2.24) is 5.06 Å². The van der Waals surface area contributed by atoms with Crippen LogP contribution in [0.15, 0.2) is 0 Å². The van der Waals surface area contributed by atoms with Crippen LogP contribution < -0.4 is 11.5 Å². The Bertz CT molecular complexity index is 186. The summed E-state index contributed by atoms with van der Waals surface area (Å²) < 4.78 is 0. The fourth-order valence-electron chi connectivity index (χ4n) is 1.67. The first-order valence-corrected chi connectivity index (χ1v) is 4.63. The van der Waals surface area contributed by atoms with Crippen molar-refractivity contribution in [2.75, 3.05) is 6.54 Å². The molecular weight excluding hydrogens is 170 g/mol. The van der Waals surface area contributed by atoms with Gasteiger partial charge in [-0.2, -0.15) is 0 Å². The molecule has 1 aliphatic rings. The average molecular weight is 187 g/mol. The van der Waals surface area contributed by atoms with Gasteiger partial charge in [-0.05, 0) is 19.3 Å².